The van der Waals surface area contributed by atoms with Crippen LogP contribution in [0.5, 0.6) is 0 Å². The van der Waals surface area contributed by atoms with Crippen molar-refractivity contribution in [1.29, 1.82) is 0 Å². The predicted octanol–water partition coefficient (Wildman–Crippen LogP) is 4.31. The molecule has 0 unspecified atom stereocenters. The summed E-state index contributed by atoms with van der Waals surface area (Å²) >= 11 is 1.63. The van der Waals surface area contributed by atoms with Crippen molar-refractivity contribution in [3.63, 3.8) is 0 Å². The largest absolute Gasteiger partial charge is 0.352 e. The molecule has 0 saturated carbocycles. The normalized spacial score (nSPS) is 10.6. The summed E-state index contributed by atoms with van der Waals surface area (Å²) in [6, 6.07) is 13.8. The predicted molar refractivity (Wildman–Crippen MR) is 106 cm³/mol. The van der Waals surface area contributed by atoms with Gasteiger partial charge in [0.2, 0.25) is 0 Å². The van der Waals surface area contributed by atoms with Crippen LogP contribution >= 0.6 is 11.3 Å². The van der Waals surface area contributed by atoms with E-state index in [-0.39, 0.29) is 11.6 Å². The molecule has 138 valence electrons. The number of carbonyl (C=O) groups excluding carboxylic acids is 1. The van der Waals surface area contributed by atoms with E-state index >= 15 is 0 Å². The molecule has 3 rings (SSSR count). The number of aromatic nitrogens is 1. The Kier molecular flexibility index (Phi) is 5.61. The molecular weight excluding hydrogens is 362 g/mol. The summed E-state index contributed by atoms with van der Waals surface area (Å²) in [5.74, 6) is -0.245. The minimum absolute atomic E-state index is 0.0320. The lowest BCUT2D eigenvalue weighted by atomic mass is 10.2. The molecule has 0 aliphatic heterocycles. The molecular formula is C20H19N3O3S. The molecule has 0 fully saturated rings. The van der Waals surface area contributed by atoms with Crippen LogP contribution in [0.1, 0.15) is 26.5 Å². The molecule has 0 radical (unpaired) electrons. The fourth-order valence-corrected chi connectivity index (χ4v) is 3.67. The first kappa shape index (κ1) is 18.7. The quantitative estimate of drug-likeness (QED) is 0.509. The number of nitrogens with zero attached hydrogens (tertiary/aromatic N) is 2. The van der Waals surface area contributed by atoms with E-state index in [9.17, 15) is 14.9 Å². The van der Waals surface area contributed by atoms with Crippen molar-refractivity contribution in [2.45, 2.75) is 20.3 Å². The standard InChI is InChI=1S/C20H19N3O3S/c1-13-3-5-16(6-4-13)20-22-14(2)18(27-20)11-12-21-19(24)15-7-9-17(10-8-15)23(25)26/h3-10H,11-12H2,1-2H3,(H,21,24). The molecule has 0 saturated heterocycles. The van der Waals surface area contributed by atoms with Gasteiger partial charge in [-0.15, -0.1) is 11.3 Å². The molecule has 1 aromatic heterocycles. The van der Waals surface area contributed by atoms with Gasteiger partial charge in [0.15, 0.2) is 0 Å². The average Bonchev–Trinajstić information content (AvgIpc) is 3.03. The van der Waals surface area contributed by atoms with Gasteiger partial charge in [0.25, 0.3) is 11.6 Å². The van der Waals surface area contributed by atoms with Crippen LogP contribution in [0.15, 0.2) is 48.5 Å². The highest BCUT2D eigenvalue weighted by molar-refractivity contribution is 7.15. The second kappa shape index (κ2) is 8.09. The van der Waals surface area contributed by atoms with Crippen LogP contribution in [0.25, 0.3) is 10.6 Å². The summed E-state index contributed by atoms with van der Waals surface area (Å²) in [6.07, 6.45) is 0.689. The smallest absolute Gasteiger partial charge is 0.269 e. The Bertz CT molecular complexity index is 963. The summed E-state index contributed by atoms with van der Waals surface area (Å²) in [5.41, 5.74) is 3.65. The molecule has 0 aliphatic rings. The van der Waals surface area contributed by atoms with Gasteiger partial charge in [-0.2, -0.15) is 0 Å². The second-order valence-electron chi connectivity index (χ2n) is 6.20. The maximum Gasteiger partial charge on any atom is 0.269 e. The Balaban J connectivity index is 1.59. The van der Waals surface area contributed by atoms with Gasteiger partial charge in [0.1, 0.15) is 5.01 Å². The number of thiazole rings is 1. The number of hydrogen-bond acceptors (Lipinski definition) is 5. The third-order valence-electron chi connectivity index (χ3n) is 4.17. The van der Waals surface area contributed by atoms with Crippen molar-refractivity contribution in [2.24, 2.45) is 0 Å². The van der Waals surface area contributed by atoms with Crippen LogP contribution in [0.4, 0.5) is 5.69 Å². The van der Waals surface area contributed by atoms with Crippen molar-refractivity contribution in [3.05, 3.63) is 80.3 Å². The number of rotatable bonds is 6. The van der Waals surface area contributed by atoms with Gasteiger partial charge in [-0.25, -0.2) is 4.98 Å². The highest BCUT2D eigenvalue weighted by Crippen LogP contribution is 2.28. The Morgan fingerprint density at radius 3 is 2.41 bits per heavy atom. The highest BCUT2D eigenvalue weighted by atomic mass is 32.1. The van der Waals surface area contributed by atoms with E-state index in [1.807, 2.05) is 6.92 Å². The highest BCUT2D eigenvalue weighted by Gasteiger charge is 2.12. The molecule has 0 bridgehead atoms. The Labute approximate surface area is 161 Å². The average molecular weight is 381 g/mol. The summed E-state index contributed by atoms with van der Waals surface area (Å²) in [4.78, 5) is 28.1. The number of hydrogen-bond donors (Lipinski definition) is 1. The molecule has 1 heterocycles. The molecule has 0 aliphatic carbocycles. The summed E-state index contributed by atoms with van der Waals surface area (Å²) in [7, 11) is 0. The van der Waals surface area contributed by atoms with E-state index < -0.39 is 4.92 Å². The van der Waals surface area contributed by atoms with E-state index in [1.54, 1.807) is 11.3 Å². The van der Waals surface area contributed by atoms with Gasteiger partial charge in [-0.05, 0) is 26.0 Å². The number of nitro groups is 1. The van der Waals surface area contributed by atoms with Gasteiger partial charge in [-0.3, -0.25) is 14.9 Å². The number of carbonyl (C=O) groups is 1. The Hall–Kier alpha value is -3.06. The minimum Gasteiger partial charge on any atom is -0.352 e. The molecule has 6 nitrogen and oxygen atoms in total. The zero-order valence-corrected chi connectivity index (χ0v) is 15.9. The Morgan fingerprint density at radius 2 is 1.78 bits per heavy atom. The van der Waals surface area contributed by atoms with Gasteiger partial charge in [0.05, 0.1) is 10.6 Å². The van der Waals surface area contributed by atoms with Crippen LogP contribution in [-0.2, 0) is 6.42 Å². The summed E-state index contributed by atoms with van der Waals surface area (Å²) in [5, 5.41) is 14.5. The zero-order valence-electron chi connectivity index (χ0n) is 15.1. The SMILES string of the molecule is Cc1ccc(-c2nc(C)c(CCNC(=O)c3ccc([N+](=O)[O-])cc3)s2)cc1. The molecule has 0 spiro atoms. The fraction of sp³-hybridized carbons (Fsp3) is 0.200. The van der Waals surface area contributed by atoms with E-state index in [0.717, 1.165) is 21.1 Å². The number of non-ortho nitro benzene ring substituents is 1. The van der Waals surface area contributed by atoms with Crippen LogP contribution in [0.2, 0.25) is 0 Å². The topological polar surface area (TPSA) is 85.1 Å². The molecule has 0 atom stereocenters. The minimum atomic E-state index is -0.486. The van der Waals surface area contributed by atoms with Crippen molar-refractivity contribution in [1.82, 2.24) is 10.3 Å². The number of amides is 1. The lowest BCUT2D eigenvalue weighted by Crippen LogP contribution is -2.25. The van der Waals surface area contributed by atoms with Crippen LogP contribution < -0.4 is 5.32 Å². The van der Waals surface area contributed by atoms with Crippen molar-refractivity contribution >= 4 is 22.9 Å². The number of nitrogens with one attached hydrogen (secondary N) is 1. The van der Waals surface area contributed by atoms with Crippen LogP contribution in [0, 0.1) is 24.0 Å². The zero-order chi connectivity index (χ0) is 19.4. The lowest BCUT2D eigenvalue weighted by molar-refractivity contribution is -0.384. The third kappa shape index (κ3) is 4.57. The van der Waals surface area contributed by atoms with Crippen LogP contribution in [0.3, 0.4) is 0 Å². The summed E-state index contributed by atoms with van der Waals surface area (Å²) in [6.45, 7) is 4.50. The number of aryl methyl sites for hydroxylation is 2. The number of nitro benzene ring substituents is 1. The first-order valence-corrected chi connectivity index (χ1v) is 9.31. The van der Waals surface area contributed by atoms with Gasteiger partial charge in [-0.1, -0.05) is 29.8 Å². The molecule has 3 aromatic rings. The lowest BCUT2D eigenvalue weighted by Gasteiger charge is -2.04. The van der Waals surface area contributed by atoms with Crippen molar-refractivity contribution in [3.8, 4) is 10.6 Å². The van der Waals surface area contributed by atoms with Crippen LogP contribution in [-0.4, -0.2) is 22.4 Å². The van der Waals surface area contributed by atoms with Crippen molar-refractivity contribution < 1.29 is 9.72 Å². The van der Waals surface area contributed by atoms with Gasteiger partial charge in [0, 0.05) is 41.1 Å². The summed E-state index contributed by atoms with van der Waals surface area (Å²) < 4.78 is 0. The Morgan fingerprint density at radius 1 is 1.11 bits per heavy atom. The van der Waals surface area contributed by atoms with E-state index in [0.29, 0.717) is 18.5 Å². The van der Waals surface area contributed by atoms with E-state index in [4.69, 9.17) is 0 Å². The third-order valence-corrected chi connectivity index (χ3v) is 5.44. The van der Waals surface area contributed by atoms with E-state index in [2.05, 4.69) is 41.5 Å². The fourth-order valence-electron chi connectivity index (χ4n) is 2.61. The monoisotopic (exact) mass is 381 g/mol. The molecule has 1 N–H and O–H groups in total. The van der Waals surface area contributed by atoms with Gasteiger partial charge >= 0.3 is 0 Å². The molecule has 1 amide bonds. The molecule has 27 heavy (non-hydrogen) atoms. The molecule has 2 aromatic carbocycles. The first-order valence-electron chi connectivity index (χ1n) is 8.50. The van der Waals surface area contributed by atoms with E-state index in [1.165, 1.54) is 29.8 Å². The number of benzene rings is 2. The van der Waals surface area contributed by atoms with Crippen molar-refractivity contribution in [2.75, 3.05) is 6.54 Å². The molecule has 7 heteroatoms. The maximum atomic E-state index is 12.2. The first-order chi connectivity index (χ1) is 12.9. The maximum absolute atomic E-state index is 12.2. The van der Waals surface area contributed by atoms with Gasteiger partial charge < -0.3 is 5.32 Å². The second-order valence-corrected chi connectivity index (χ2v) is 7.29.